The number of carbonyl (C=O) groups excluding carboxylic acids is 1. The summed E-state index contributed by atoms with van der Waals surface area (Å²) in [6, 6.07) is 0. The fourth-order valence-corrected chi connectivity index (χ4v) is 2.29. The van der Waals surface area contributed by atoms with Crippen molar-refractivity contribution in [1.29, 1.82) is 0 Å². The van der Waals surface area contributed by atoms with Crippen molar-refractivity contribution in [3.8, 4) is 0 Å². The lowest BCUT2D eigenvalue weighted by Gasteiger charge is -2.34. The summed E-state index contributed by atoms with van der Waals surface area (Å²) in [5, 5.41) is 5.12. The molecule has 0 bridgehead atoms. The van der Waals surface area contributed by atoms with E-state index in [1.165, 1.54) is 58.3 Å². The topological polar surface area (TPSA) is 32.8 Å². The van der Waals surface area contributed by atoms with E-state index < -0.39 is 0 Å². The zero-order valence-corrected chi connectivity index (χ0v) is 12.2. The molecule has 4 nitrogen and oxygen atoms in total. The van der Waals surface area contributed by atoms with Gasteiger partial charge in [0.2, 0.25) is 0 Å². The highest BCUT2D eigenvalue weighted by Crippen LogP contribution is 2.16. The van der Waals surface area contributed by atoms with Crippen LogP contribution < -0.4 is 0 Å². The molecule has 18 heavy (non-hydrogen) atoms. The van der Waals surface area contributed by atoms with E-state index in [0.29, 0.717) is 6.47 Å². The summed E-state index contributed by atoms with van der Waals surface area (Å²) in [5.74, 6) is 0. The van der Waals surface area contributed by atoms with E-state index in [0.717, 1.165) is 0 Å². The molecule has 2 aliphatic heterocycles. The number of piperidine rings is 1. The molecule has 0 aromatic carbocycles. The molecule has 2 saturated heterocycles. The van der Waals surface area contributed by atoms with Gasteiger partial charge in [-0.2, -0.15) is 0 Å². The Bertz CT molecular complexity index is 226. The van der Waals surface area contributed by atoms with Crippen molar-refractivity contribution in [3.63, 3.8) is 0 Å². The molecule has 2 fully saturated rings. The average Bonchev–Trinajstić information content (AvgIpc) is 2.83. The van der Waals surface area contributed by atoms with Crippen molar-refractivity contribution >= 4 is 6.47 Å². The Labute approximate surface area is 111 Å². The van der Waals surface area contributed by atoms with Crippen LogP contribution >= 0.6 is 0 Å². The van der Waals surface area contributed by atoms with Gasteiger partial charge in [-0.1, -0.05) is 6.42 Å². The Hall–Kier alpha value is -0.610. The molecule has 0 aromatic rings. The zero-order valence-electron chi connectivity index (χ0n) is 12.2. The van der Waals surface area contributed by atoms with Crippen LogP contribution in [0, 0.1) is 0 Å². The van der Waals surface area contributed by atoms with Gasteiger partial charge in [-0.05, 0) is 46.5 Å². The van der Waals surface area contributed by atoms with Crippen LogP contribution in [0.2, 0.25) is 0 Å². The molecule has 106 valence electrons. The highest BCUT2D eigenvalue weighted by atomic mass is 16.5. The molecule has 0 aliphatic carbocycles. The normalized spacial score (nSPS) is 22.2. The van der Waals surface area contributed by atoms with Crippen LogP contribution in [0.15, 0.2) is 0 Å². The summed E-state index contributed by atoms with van der Waals surface area (Å²) in [4.78, 5) is 9.60. The van der Waals surface area contributed by atoms with E-state index in [2.05, 4.69) is 14.8 Å². The molecule has 0 amide bonds. The van der Waals surface area contributed by atoms with Crippen molar-refractivity contribution in [3.05, 3.63) is 0 Å². The summed E-state index contributed by atoms with van der Waals surface area (Å²) in [6.07, 6.45) is 7.10. The minimum Gasteiger partial charge on any atom is -0.462 e. The first-order valence-corrected chi connectivity index (χ1v) is 7.14. The molecule has 0 spiro atoms. The monoisotopic (exact) mass is 256 g/mol. The van der Waals surface area contributed by atoms with Gasteiger partial charge in [0, 0.05) is 26.2 Å². The van der Waals surface area contributed by atoms with Gasteiger partial charge in [-0.3, -0.25) is 4.79 Å². The lowest BCUT2D eigenvalue weighted by atomic mass is 10.2. The van der Waals surface area contributed by atoms with E-state index >= 15 is 0 Å². The van der Waals surface area contributed by atoms with Gasteiger partial charge in [0.1, 0.15) is 5.60 Å². The Morgan fingerprint density at radius 3 is 1.50 bits per heavy atom. The number of hydrogen-bond donors (Lipinski definition) is 0. The molecule has 0 aromatic heterocycles. The average molecular weight is 256 g/mol. The lowest BCUT2D eigenvalue weighted by Crippen LogP contribution is -2.43. The number of hydrazine groups is 1. The van der Waals surface area contributed by atoms with Crippen LogP contribution in [0.1, 0.15) is 52.9 Å². The van der Waals surface area contributed by atoms with Crippen LogP contribution in [-0.4, -0.2) is 48.3 Å². The van der Waals surface area contributed by atoms with Crippen molar-refractivity contribution in [1.82, 2.24) is 10.0 Å². The van der Waals surface area contributed by atoms with Gasteiger partial charge in [0.15, 0.2) is 0 Å². The van der Waals surface area contributed by atoms with Crippen LogP contribution in [0.4, 0.5) is 0 Å². The molecule has 0 radical (unpaired) electrons. The van der Waals surface area contributed by atoms with Crippen molar-refractivity contribution in [2.75, 3.05) is 26.2 Å². The Balaban J connectivity index is 0.000000203. The van der Waals surface area contributed by atoms with E-state index in [-0.39, 0.29) is 5.60 Å². The summed E-state index contributed by atoms with van der Waals surface area (Å²) in [5.41, 5.74) is -0.318. The van der Waals surface area contributed by atoms with Crippen molar-refractivity contribution in [2.24, 2.45) is 0 Å². The fourth-order valence-electron chi connectivity index (χ4n) is 2.29. The summed E-state index contributed by atoms with van der Waals surface area (Å²) >= 11 is 0. The third-order valence-electron chi connectivity index (χ3n) is 3.22. The smallest absolute Gasteiger partial charge is 0.293 e. The second-order valence-corrected chi connectivity index (χ2v) is 6.00. The van der Waals surface area contributed by atoms with E-state index in [1.54, 1.807) is 0 Å². The molecule has 2 rings (SSSR count). The fraction of sp³-hybridized carbons (Fsp3) is 0.929. The van der Waals surface area contributed by atoms with Gasteiger partial charge in [0.25, 0.3) is 6.47 Å². The van der Waals surface area contributed by atoms with Gasteiger partial charge >= 0.3 is 0 Å². The first-order chi connectivity index (χ1) is 8.53. The molecular weight excluding hydrogens is 228 g/mol. The quantitative estimate of drug-likeness (QED) is 0.710. The molecule has 2 heterocycles. The number of rotatable bonds is 2. The molecule has 0 N–H and O–H groups in total. The third kappa shape index (κ3) is 6.36. The number of nitrogens with zero attached hydrogens (tertiary/aromatic N) is 2. The third-order valence-corrected chi connectivity index (χ3v) is 3.22. The summed E-state index contributed by atoms with van der Waals surface area (Å²) in [6.45, 7) is 11.2. The van der Waals surface area contributed by atoms with Crippen molar-refractivity contribution < 1.29 is 9.53 Å². The van der Waals surface area contributed by atoms with Crippen LogP contribution in [0.5, 0.6) is 0 Å². The molecular formula is C14H28N2O2. The predicted octanol–water partition coefficient (Wildman–Crippen LogP) is 2.44. The van der Waals surface area contributed by atoms with Crippen LogP contribution in [0.3, 0.4) is 0 Å². The molecule has 0 atom stereocenters. The minimum absolute atomic E-state index is 0.318. The lowest BCUT2D eigenvalue weighted by molar-refractivity contribution is -0.138. The highest BCUT2D eigenvalue weighted by Gasteiger charge is 2.20. The van der Waals surface area contributed by atoms with Gasteiger partial charge in [-0.25, -0.2) is 10.0 Å². The second kappa shape index (κ2) is 7.74. The molecule has 2 aliphatic rings. The molecule has 0 unspecified atom stereocenters. The van der Waals surface area contributed by atoms with Gasteiger partial charge in [-0.15, -0.1) is 0 Å². The second-order valence-electron chi connectivity index (χ2n) is 6.00. The largest absolute Gasteiger partial charge is 0.462 e. The van der Waals surface area contributed by atoms with E-state index in [9.17, 15) is 4.79 Å². The first kappa shape index (κ1) is 15.4. The Morgan fingerprint density at radius 2 is 1.22 bits per heavy atom. The van der Waals surface area contributed by atoms with Crippen LogP contribution in [-0.2, 0) is 9.53 Å². The maximum Gasteiger partial charge on any atom is 0.293 e. The van der Waals surface area contributed by atoms with Gasteiger partial charge in [0.05, 0.1) is 0 Å². The molecule has 0 saturated carbocycles. The Kier molecular flexibility index (Phi) is 6.65. The van der Waals surface area contributed by atoms with Gasteiger partial charge < -0.3 is 4.74 Å². The van der Waals surface area contributed by atoms with Crippen LogP contribution in [0.25, 0.3) is 0 Å². The number of carbonyl (C=O) groups is 1. The Morgan fingerprint density at radius 1 is 0.833 bits per heavy atom. The maximum atomic E-state index is 9.60. The first-order valence-electron chi connectivity index (χ1n) is 7.14. The maximum absolute atomic E-state index is 9.60. The molecule has 4 heteroatoms. The van der Waals surface area contributed by atoms with Crippen molar-refractivity contribution in [2.45, 2.75) is 58.5 Å². The number of hydrogen-bond acceptors (Lipinski definition) is 4. The number of ether oxygens (including phenoxy) is 1. The standard InChI is InChI=1S/C9H18N2.C5H10O2/c1-2-6-10(7-3-1)11-8-4-5-9-11;1-5(2,3)7-4-6/h1-9H2;4H,1-3H3. The van der Waals surface area contributed by atoms with E-state index in [4.69, 9.17) is 0 Å². The van der Waals surface area contributed by atoms with E-state index in [1.807, 2.05) is 20.8 Å². The minimum atomic E-state index is -0.318. The zero-order chi connectivity index (χ0) is 13.4. The predicted molar refractivity (Wildman–Crippen MR) is 73.1 cm³/mol. The SMILES string of the molecule is C1CCN(N2CCCC2)CC1.CC(C)(C)OC=O. The summed E-state index contributed by atoms with van der Waals surface area (Å²) < 4.78 is 4.55. The highest BCUT2D eigenvalue weighted by molar-refractivity contribution is 5.37. The summed E-state index contributed by atoms with van der Waals surface area (Å²) in [7, 11) is 0.